The third-order valence-corrected chi connectivity index (χ3v) is 4.26. The Morgan fingerprint density at radius 2 is 2.24 bits per heavy atom. The molecule has 1 atom stereocenters. The Bertz CT molecular complexity index is 375. The maximum atomic E-state index is 5.46. The molecule has 1 unspecified atom stereocenters. The fourth-order valence-corrected chi connectivity index (χ4v) is 3.55. The Kier molecular flexibility index (Phi) is 3.85. The predicted molar refractivity (Wildman–Crippen MR) is 71.8 cm³/mol. The minimum Gasteiger partial charge on any atom is -0.381 e. The molecule has 0 spiro atoms. The highest BCUT2D eigenvalue weighted by molar-refractivity contribution is 7.11. The Balaban J connectivity index is 2.29. The van der Waals surface area contributed by atoms with Gasteiger partial charge in [0.2, 0.25) is 0 Å². The van der Waals surface area contributed by atoms with Crippen LogP contribution >= 0.6 is 11.3 Å². The Labute approximate surface area is 108 Å². The zero-order chi connectivity index (χ0) is 12.5. The molecular weight excluding hydrogens is 232 g/mol. The lowest BCUT2D eigenvalue weighted by Crippen LogP contribution is -2.16. The fraction of sp³-hybridized carbons (Fsp3) is 0.769. The van der Waals surface area contributed by atoms with Gasteiger partial charge in [-0.1, -0.05) is 20.8 Å². The SMILES string of the molecule is CNCc1sc(C2CCOC2)nc1C(C)(C)C. The molecule has 3 nitrogen and oxygen atoms in total. The van der Waals surface area contributed by atoms with Gasteiger partial charge in [-0.25, -0.2) is 4.98 Å². The maximum absolute atomic E-state index is 5.46. The Morgan fingerprint density at radius 3 is 2.76 bits per heavy atom. The summed E-state index contributed by atoms with van der Waals surface area (Å²) in [6.45, 7) is 9.34. The third-order valence-electron chi connectivity index (χ3n) is 3.04. The van der Waals surface area contributed by atoms with Crippen LogP contribution in [0, 0.1) is 0 Å². The highest BCUT2D eigenvalue weighted by atomic mass is 32.1. The molecule has 17 heavy (non-hydrogen) atoms. The summed E-state index contributed by atoms with van der Waals surface area (Å²) < 4.78 is 5.46. The average molecular weight is 254 g/mol. The molecule has 1 aromatic heterocycles. The molecule has 1 aliphatic rings. The molecule has 2 rings (SSSR count). The minimum absolute atomic E-state index is 0.125. The predicted octanol–water partition coefficient (Wildman–Crippen LogP) is 2.66. The average Bonchev–Trinajstić information content (AvgIpc) is 2.82. The van der Waals surface area contributed by atoms with E-state index in [-0.39, 0.29) is 5.41 Å². The van der Waals surface area contributed by atoms with E-state index in [4.69, 9.17) is 9.72 Å². The second-order valence-corrected chi connectivity index (χ2v) is 6.78. The number of hydrogen-bond acceptors (Lipinski definition) is 4. The lowest BCUT2D eigenvalue weighted by Gasteiger charge is -2.17. The molecule has 0 aromatic carbocycles. The van der Waals surface area contributed by atoms with Crippen molar-refractivity contribution in [2.75, 3.05) is 20.3 Å². The summed E-state index contributed by atoms with van der Waals surface area (Å²) in [5, 5.41) is 4.50. The normalized spacial score (nSPS) is 21.1. The van der Waals surface area contributed by atoms with E-state index in [1.165, 1.54) is 15.6 Å². The van der Waals surface area contributed by atoms with Crippen molar-refractivity contribution >= 4 is 11.3 Å². The molecule has 2 heterocycles. The van der Waals surface area contributed by atoms with Crippen molar-refractivity contribution in [3.05, 3.63) is 15.6 Å². The first kappa shape index (κ1) is 13.0. The van der Waals surface area contributed by atoms with Crippen molar-refractivity contribution in [1.82, 2.24) is 10.3 Å². The van der Waals surface area contributed by atoms with Crippen LogP contribution in [0.1, 0.15) is 48.7 Å². The van der Waals surface area contributed by atoms with Crippen molar-refractivity contribution in [2.45, 2.75) is 45.1 Å². The van der Waals surface area contributed by atoms with E-state index in [0.717, 1.165) is 26.2 Å². The summed E-state index contributed by atoms with van der Waals surface area (Å²) in [7, 11) is 1.99. The smallest absolute Gasteiger partial charge is 0.0986 e. The summed E-state index contributed by atoms with van der Waals surface area (Å²) >= 11 is 1.85. The highest BCUT2D eigenvalue weighted by Crippen LogP contribution is 2.35. The topological polar surface area (TPSA) is 34.1 Å². The molecular formula is C13H22N2OS. The van der Waals surface area contributed by atoms with Gasteiger partial charge in [-0.05, 0) is 13.5 Å². The van der Waals surface area contributed by atoms with Gasteiger partial charge in [0, 0.05) is 29.4 Å². The van der Waals surface area contributed by atoms with E-state index in [2.05, 4.69) is 26.1 Å². The zero-order valence-corrected chi connectivity index (χ0v) is 12.0. The van der Waals surface area contributed by atoms with E-state index in [1.54, 1.807) is 0 Å². The highest BCUT2D eigenvalue weighted by Gasteiger charge is 2.27. The monoisotopic (exact) mass is 254 g/mol. The van der Waals surface area contributed by atoms with Crippen LogP contribution in [0.15, 0.2) is 0 Å². The number of hydrogen-bond donors (Lipinski definition) is 1. The zero-order valence-electron chi connectivity index (χ0n) is 11.2. The largest absolute Gasteiger partial charge is 0.381 e. The summed E-state index contributed by atoms with van der Waals surface area (Å²) in [6.07, 6.45) is 1.12. The molecule has 0 aliphatic carbocycles. The van der Waals surface area contributed by atoms with Crippen LogP contribution in [0.2, 0.25) is 0 Å². The number of ether oxygens (including phenoxy) is 1. The minimum atomic E-state index is 0.125. The first-order valence-electron chi connectivity index (χ1n) is 6.25. The molecule has 4 heteroatoms. The molecule has 0 amide bonds. The molecule has 96 valence electrons. The van der Waals surface area contributed by atoms with Crippen LogP contribution in [0.25, 0.3) is 0 Å². The molecule has 0 bridgehead atoms. The number of nitrogens with one attached hydrogen (secondary N) is 1. The molecule has 1 saturated heterocycles. The molecule has 1 fully saturated rings. The van der Waals surface area contributed by atoms with Crippen molar-refractivity contribution in [3.63, 3.8) is 0 Å². The van der Waals surface area contributed by atoms with Crippen molar-refractivity contribution in [2.24, 2.45) is 0 Å². The quantitative estimate of drug-likeness (QED) is 0.900. The van der Waals surface area contributed by atoms with E-state index in [9.17, 15) is 0 Å². The molecule has 0 saturated carbocycles. The first-order valence-corrected chi connectivity index (χ1v) is 7.06. The van der Waals surface area contributed by atoms with Crippen molar-refractivity contribution in [3.8, 4) is 0 Å². The van der Waals surface area contributed by atoms with Crippen LogP contribution in [0.3, 0.4) is 0 Å². The summed E-state index contributed by atoms with van der Waals surface area (Å²) in [4.78, 5) is 6.26. The van der Waals surface area contributed by atoms with Gasteiger partial charge in [-0.15, -0.1) is 11.3 Å². The van der Waals surface area contributed by atoms with Gasteiger partial charge in [-0.3, -0.25) is 0 Å². The van der Waals surface area contributed by atoms with Gasteiger partial charge in [0.05, 0.1) is 17.3 Å². The van der Waals surface area contributed by atoms with E-state index < -0.39 is 0 Å². The van der Waals surface area contributed by atoms with Crippen LogP contribution < -0.4 is 5.32 Å². The molecule has 1 aromatic rings. The fourth-order valence-electron chi connectivity index (χ4n) is 2.14. The van der Waals surface area contributed by atoms with Crippen molar-refractivity contribution in [1.29, 1.82) is 0 Å². The van der Waals surface area contributed by atoms with Gasteiger partial charge in [-0.2, -0.15) is 0 Å². The maximum Gasteiger partial charge on any atom is 0.0986 e. The Morgan fingerprint density at radius 1 is 1.47 bits per heavy atom. The molecule has 1 aliphatic heterocycles. The second-order valence-electron chi connectivity index (χ2n) is 5.66. The van der Waals surface area contributed by atoms with Crippen molar-refractivity contribution < 1.29 is 4.74 Å². The van der Waals surface area contributed by atoms with Gasteiger partial charge in [0.25, 0.3) is 0 Å². The van der Waals surface area contributed by atoms with Crippen LogP contribution in [0.5, 0.6) is 0 Å². The Hall–Kier alpha value is -0.450. The summed E-state index contributed by atoms with van der Waals surface area (Å²) in [5.41, 5.74) is 1.37. The third kappa shape index (κ3) is 2.87. The number of rotatable bonds is 3. The standard InChI is InChI=1S/C13H22N2OS/c1-13(2,3)11-10(7-14-4)17-12(15-11)9-5-6-16-8-9/h9,14H,5-8H2,1-4H3. The van der Waals surface area contributed by atoms with Crippen LogP contribution in [-0.4, -0.2) is 25.2 Å². The van der Waals surface area contributed by atoms with Crippen LogP contribution in [0.4, 0.5) is 0 Å². The molecule has 0 radical (unpaired) electrons. The second kappa shape index (κ2) is 5.04. The number of nitrogens with zero attached hydrogens (tertiary/aromatic N) is 1. The summed E-state index contributed by atoms with van der Waals surface area (Å²) in [5.74, 6) is 0.520. The number of aromatic nitrogens is 1. The van der Waals surface area contributed by atoms with Gasteiger partial charge >= 0.3 is 0 Å². The van der Waals surface area contributed by atoms with E-state index in [0.29, 0.717) is 5.92 Å². The van der Waals surface area contributed by atoms with Gasteiger partial charge in [0.15, 0.2) is 0 Å². The first-order chi connectivity index (χ1) is 8.02. The summed E-state index contributed by atoms with van der Waals surface area (Å²) in [6, 6.07) is 0. The molecule has 1 N–H and O–H groups in total. The number of thiazole rings is 1. The van der Waals surface area contributed by atoms with Gasteiger partial charge in [0.1, 0.15) is 0 Å². The van der Waals surface area contributed by atoms with Crippen LogP contribution in [-0.2, 0) is 16.7 Å². The van der Waals surface area contributed by atoms with Gasteiger partial charge < -0.3 is 10.1 Å². The lowest BCUT2D eigenvalue weighted by atomic mass is 9.91. The van der Waals surface area contributed by atoms with E-state index >= 15 is 0 Å². The lowest BCUT2D eigenvalue weighted by molar-refractivity contribution is 0.194. The van der Waals surface area contributed by atoms with E-state index in [1.807, 2.05) is 18.4 Å².